The van der Waals surface area contributed by atoms with Gasteiger partial charge in [-0.3, -0.25) is 9.59 Å². The fourth-order valence-electron chi connectivity index (χ4n) is 3.82. The van der Waals surface area contributed by atoms with Crippen molar-refractivity contribution in [1.82, 2.24) is 4.90 Å². The highest BCUT2D eigenvalue weighted by Gasteiger charge is 2.57. The van der Waals surface area contributed by atoms with Crippen LogP contribution in [0.15, 0.2) is 42.5 Å². The van der Waals surface area contributed by atoms with E-state index in [-0.39, 0.29) is 19.7 Å². The molecular formula is C19H15F2NO4. The number of benzene rings is 2. The lowest BCUT2D eigenvalue weighted by atomic mass is 9.73. The molecule has 1 N–H and O–H groups in total. The lowest BCUT2D eigenvalue weighted by Crippen LogP contribution is -2.46. The Morgan fingerprint density at radius 2 is 1.96 bits per heavy atom. The molecule has 0 unspecified atom stereocenters. The first-order valence-electron chi connectivity index (χ1n) is 8.12. The maximum atomic E-state index is 14.0. The number of nitrogens with zero attached hydrogens (tertiary/aromatic N) is 1. The van der Waals surface area contributed by atoms with Crippen LogP contribution < -0.4 is 4.74 Å². The third-order valence-electron chi connectivity index (χ3n) is 5.19. The Kier molecular flexibility index (Phi) is 3.68. The van der Waals surface area contributed by atoms with Crippen LogP contribution in [0.2, 0.25) is 0 Å². The Hall–Kier alpha value is -2.96. The summed E-state index contributed by atoms with van der Waals surface area (Å²) in [4.78, 5) is 26.0. The number of halogens is 2. The molecule has 0 aliphatic carbocycles. The SMILES string of the molecule is O=C(c1cc(F)ccc1F)N1C[C@@H]2c3ccccc3OC[C@]2(C(=O)O)C1. The molecule has 1 amide bonds. The molecule has 4 rings (SSSR count). The maximum absolute atomic E-state index is 14.0. The first-order valence-corrected chi connectivity index (χ1v) is 8.12. The Morgan fingerprint density at radius 3 is 2.73 bits per heavy atom. The van der Waals surface area contributed by atoms with Crippen molar-refractivity contribution >= 4 is 11.9 Å². The summed E-state index contributed by atoms with van der Waals surface area (Å²) < 4.78 is 33.0. The van der Waals surface area contributed by atoms with Gasteiger partial charge in [-0.05, 0) is 24.3 Å². The number of carbonyl (C=O) groups is 2. The van der Waals surface area contributed by atoms with Crippen LogP contribution in [-0.2, 0) is 4.79 Å². The average molecular weight is 359 g/mol. The first-order chi connectivity index (χ1) is 12.4. The molecule has 0 aromatic heterocycles. The van der Waals surface area contributed by atoms with Crippen molar-refractivity contribution in [2.75, 3.05) is 19.7 Å². The summed E-state index contributed by atoms with van der Waals surface area (Å²) in [7, 11) is 0. The van der Waals surface area contributed by atoms with Gasteiger partial charge in [-0.1, -0.05) is 18.2 Å². The zero-order chi connectivity index (χ0) is 18.5. The third kappa shape index (κ3) is 2.34. The van der Waals surface area contributed by atoms with E-state index < -0.39 is 40.4 Å². The zero-order valence-corrected chi connectivity index (χ0v) is 13.6. The van der Waals surface area contributed by atoms with E-state index >= 15 is 0 Å². The number of carbonyl (C=O) groups excluding carboxylic acids is 1. The highest BCUT2D eigenvalue weighted by atomic mass is 19.1. The molecule has 0 bridgehead atoms. The van der Waals surface area contributed by atoms with Gasteiger partial charge in [0.25, 0.3) is 5.91 Å². The monoisotopic (exact) mass is 359 g/mol. The standard InChI is InChI=1S/C19H15F2NO4/c20-11-5-6-15(21)13(7-11)17(23)22-8-14-12-3-1-2-4-16(12)26-10-19(14,9-22)18(24)25/h1-7,14H,8-10H2,(H,24,25)/t14-,19-/m1/s1. The second-order valence-corrected chi connectivity index (χ2v) is 6.65. The molecule has 2 aromatic rings. The highest BCUT2D eigenvalue weighted by molar-refractivity contribution is 5.95. The average Bonchev–Trinajstić information content (AvgIpc) is 3.05. The third-order valence-corrected chi connectivity index (χ3v) is 5.19. The topological polar surface area (TPSA) is 66.8 Å². The fourth-order valence-corrected chi connectivity index (χ4v) is 3.82. The molecule has 134 valence electrons. The highest BCUT2D eigenvalue weighted by Crippen LogP contribution is 2.49. The van der Waals surface area contributed by atoms with Gasteiger partial charge < -0.3 is 14.7 Å². The summed E-state index contributed by atoms with van der Waals surface area (Å²) in [5, 5.41) is 9.84. The number of aliphatic carboxylic acids is 1. The minimum absolute atomic E-state index is 0.0839. The minimum Gasteiger partial charge on any atom is -0.492 e. The summed E-state index contributed by atoms with van der Waals surface area (Å²) in [5.74, 6) is -3.27. The number of amides is 1. The van der Waals surface area contributed by atoms with Crippen molar-refractivity contribution in [1.29, 1.82) is 0 Å². The van der Waals surface area contributed by atoms with Gasteiger partial charge in [0, 0.05) is 24.6 Å². The predicted molar refractivity (Wildman–Crippen MR) is 87.0 cm³/mol. The van der Waals surface area contributed by atoms with Gasteiger partial charge in [0.05, 0.1) is 5.56 Å². The lowest BCUT2D eigenvalue weighted by Gasteiger charge is -2.35. The van der Waals surface area contributed by atoms with Gasteiger partial charge in [-0.15, -0.1) is 0 Å². The second kappa shape index (κ2) is 5.79. The van der Waals surface area contributed by atoms with Crippen molar-refractivity contribution < 1.29 is 28.2 Å². The van der Waals surface area contributed by atoms with E-state index in [1.165, 1.54) is 4.90 Å². The number of carboxylic acids is 1. The second-order valence-electron chi connectivity index (χ2n) is 6.65. The largest absolute Gasteiger partial charge is 0.492 e. The summed E-state index contributed by atoms with van der Waals surface area (Å²) in [6.07, 6.45) is 0. The summed E-state index contributed by atoms with van der Waals surface area (Å²) in [5.41, 5.74) is -1.01. The van der Waals surface area contributed by atoms with Crippen LogP contribution in [0.25, 0.3) is 0 Å². The number of hydrogen-bond donors (Lipinski definition) is 1. The predicted octanol–water partition coefficient (Wildman–Crippen LogP) is 2.67. The molecule has 5 nitrogen and oxygen atoms in total. The number of ether oxygens (including phenoxy) is 1. The Labute approximate surface area is 147 Å². The van der Waals surface area contributed by atoms with Gasteiger partial charge >= 0.3 is 5.97 Å². The number of rotatable bonds is 2. The van der Waals surface area contributed by atoms with E-state index in [0.717, 1.165) is 18.2 Å². The van der Waals surface area contributed by atoms with E-state index in [1.54, 1.807) is 24.3 Å². The van der Waals surface area contributed by atoms with Gasteiger partial charge in [-0.25, -0.2) is 8.78 Å². The molecule has 2 aromatic carbocycles. The molecule has 0 saturated carbocycles. The number of fused-ring (bicyclic) bond motifs is 3. The van der Waals surface area contributed by atoms with E-state index in [2.05, 4.69) is 0 Å². The minimum atomic E-state index is -1.31. The van der Waals surface area contributed by atoms with Crippen molar-refractivity contribution in [2.24, 2.45) is 5.41 Å². The van der Waals surface area contributed by atoms with Crippen LogP contribution in [0.1, 0.15) is 21.8 Å². The van der Waals surface area contributed by atoms with E-state index in [1.807, 2.05) is 0 Å². The van der Waals surface area contributed by atoms with Crippen LogP contribution in [0.4, 0.5) is 8.78 Å². The molecule has 1 fully saturated rings. The lowest BCUT2D eigenvalue weighted by molar-refractivity contribution is -0.151. The maximum Gasteiger partial charge on any atom is 0.315 e. The summed E-state index contributed by atoms with van der Waals surface area (Å²) >= 11 is 0. The van der Waals surface area contributed by atoms with E-state index in [4.69, 9.17) is 4.74 Å². The number of likely N-dealkylation sites (tertiary alicyclic amines) is 1. The first kappa shape index (κ1) is 16.5. The quantitative estimate of drug-likeness (QED) is 0.895. The van der Waals surface area contributed by atoms with Gasteiger partial charge in [0.2, 0.25) is 0 Å². The van der Waals surface area contributed by atoms with Crippen LogP contribution in [0.5, 0.6) is 5.75 Å². The zero-order valence-electron chi connectivity index (χ0n) is 13.6. The number of carboxylic acid groups (broad SMARTS) is 1. The van der Waals surface area contributed by atoms with E-state index in [9.17, 15) is 23.5 Å². The van der Waals surface area contributed by atoms with Gasteiger partial charge in [0.1, 0.15) is 29.4 Å². The molecule has 1 saturated heterocycles. The van der Waals surface area contributed by atoms with Crippen LogP contribution >= 0.6 is 0 Å². The van der Waals surface area contributed by atoms with Crippen molar-refractivity contribution in [2.45, 2.75) is 5.92 Å². The molecule has 2 aliphatic rings. The van der Waals surface area contributed by atoms with Crippen LogP contribution in [-0.4, -0.2) is 41.6 Å². The van der Waals surface area contributed by atoms with Crippen molar-refractivity contribution in [3.05, 3.63) is 65.2 Å². The Morgan fingerprint density at radius 1 is 1.19 bits per heavy atom. The molecule has 2 heterocycles. The fraction of sp³-hybridized carbons (Fsp3) is 0.263. The summed E-state index contributed by atoms with van der Waals surface area (Å²) in [6.45, 7) is -0.114. The molecule has 2 aliphatic heterocycles. The molecule has 0 radical (unpaired) electrons. The summed E-state index contributed by atoms with van der Waals surface area (Å²) in [6, 6.07) is 9.72. The van der Waals surface area contributed by atoms with Gasteiger partial charge in [-0.2, -0.15) is 0 Å². The molecule has 26 heavy (non-hydrogen) atoms. The van der Waals surface area contributed by atoms with Crippen molar-refractivity contribution in [3.8, 4) is 5.75 Å². The van der Waals surface area contributed by atoms with Gasteiger partial charge in [0.15, 0.2) is 0 Å². The normalized spacial score (nSPS) is 23.8. The van der Waals surface area contributed by atoms with E-state index in [0.29, 0.717) is 11.3 Å². The van der Waals surface area contributed by atoms with Crippen LogP contribution in [0, 0.1) is 17.0 Å². The van der Waals surface area contributed by atoms with Crippen molar-refractivity contribution in [3.63, 3.8) is 0 Å². The Bertz CT molecular complexity index is 916. The Balaban J connectivity index is 1.73. The molecule has 7 heteroatoms. The number of para-hydroxylation sites is 1. The van der Waals surface area contributed by atoms with Crippen LogP contribution in [0.3, 0.4) is 0 Å². The smallest absolute Gasteiger partial charge is 0.315 e. The number of hydrogen-bond acceptors (Lipinski definition) is 3. The molecule has 2 atom stereocenters. The molecular weight excluding hydrogens is 344 g/mol. The molecule has 0 spiro atoms.